The van der Waals surface area contributed by atoms with Crippen LogP contribution in [0.4, 0.5) is 23.2 Å². The molecular weight excluding hydrogens is 428 g/mol. The number of carbonyl (C=O) groups is 2. The molecule has 3 rings (SSSR count). The molecule has 1 heterocycles. The summed E-state index contributed by atoms with van der Waals surface area (Å²) in [6.07, 6.45) is -2.69. The monoisotopic (exact) mass is 448 g/mol. The first kappa shape index (κ1) is 23.0. The van der Waals surface area contributed by atoms with Crippen molar-refractivity contribution in [2.75, 3.05) is 11.9 Å². The van der Waals surface area contributed by atoms with Crippen molar-refractivity contribution in [3.05, 3.63) is 76.9 Å². The van der Waals surface area contributed by atoms with E-state index >= 15 is 0 Å². The minimum Gasteiger partial charge on any atom is -0.343 e. The molecule has 2 aromatic carbocycles. The lowest BCUT2D eigenvalue weighted by molar-refractivity contribution is -0.123. The van der Waals surface area contributed by atoms with Crippen LogP contribution in [-0.2, 0) is 6.42 Å². The molecule has 0 aliphatic rings. The van der Waals surface area contributed by atoms with Crippen LogP contribution in [0, 0.1) is 12.7 Å². The minimum absolute atomic E-state index is 0.0205. The molecule has 0 unspecified atom stereocenters. The molecule has 168 valence electrons. The summed E-state index contributed by atoms with van der Waals surface area (Å²) in [5, 5.41) is 8.71. The van der Waals surface area contributed by atoms with Gasteiger partial charge in [-0.15, -0.1) is 0 Å². The Morgan fingerprint density at radius 1 is 1.06 bits per heavy atom. The molecule has 0 bridgehead atoms. The minimum atomic E-state index is -4.53. The van der Waals surface area contributed by atoms with Gasteiger partial charge in [-0.1, -0.05) is 13.0 Å². The van der Waals surface area contributed by atoms with Crippen molar-refractivity contribution in [1.82, 2.24) is 15.1 Å². The third-order valence-electron chi connectivity index (χ3n) is 4.72. The van der Waals surface area contributed by atoms with Crippen LogP contribution in [0.2, 0.25) is 0 Å². The predicted octanol–water partition coefficient (Wildman–Crippen LogP) is 4.43. The number of amides is 2. The lowest BCUT2D eigenvalue weighted by Gasteiger charge is -2.12. The number of halogens is 4. The molecule has 2 amide bonds. The number of anilines is 1. The molecule has 0 radical (unpaired) electrons. The van der Waals surface area contributed by atoms with E-state index in [2.05, 4.69) is 10.4 Å². The van der Waals surface area contributed by atoms with Crippen LogP contribution in [0.5, 0.6) is 0 Å². The number of aromatic nitrogens is 2. The highest BCUT2D eigenvalue weighted by Crippen LogP contribution is 2.21. The second-order valence-electron chi connectivity index (χ2n) is 7.03. The summed E-state index contributed by atoms with van der Waals surface area (Å²) in [7, 11) is 0. The van der Waals surface area contributed by atoms with Crippen molar-refractivity contribution < 1.29 is 27.2 Å². The molecule has 10 heteroatoms. The van der Waals surface area contributed by atoms with Crippen LogP contribution in [0.15, 0.2) is 48.7 Å². The third kappa shape index (κ3) is 5.32. The van der Waals surface area contributed by atoms with Gasteiger partial charge < -0.3 is 10.6 Å². The zero-order valence-corrected chi connectivity index (χ0v) is 17.3. The zero-order chi connectivity index (χ0) is 23.5. The molecule has 0 fully saturated rings. The predicted molar refractivity (Wildman–Crippen MR) is 110 cm³/mol. The van der Waals surface area contributed by atoms with Crippen molar-refractivity contribution >= 4 is 17.5 Å². The maximum Gasteiger partial charge on any atom is 0.405 e. The number of carbonyl (C=O) groups excluding carboxylic acids is 2. The lowest BCUT2D eigenvalue weighted by Crippen LogP contribution is -2.33. The Morgan fingerprint density at radius 3 is 2.38 bits per heavy atom. The van der Waals surface area contributed by atoms with Gasteiger partial charge in [0, 0.05) is 11.3 Å². The fourth-order valence-electron chi connectivity index (χ4n) is 3.08. The van der Waals surface area contributed by atoms with Crippen LogP contribution in [0.1, 0.15) is 38.9 Å². The van der Waals surface area contributed by atoms with Crippen LogP contribution in [0.25, 0.3) is 5.69 Å². The lowest BCUT2D eigenvalue weighted by atomic mass is 10.1. The van der Waals surface area contributed by atoms with Crippen LogP contribution >= 0.6 is 0 Å². The standard InChI is InChI=1S/C22H20F4N4O2/c1-3-19-17(11-28-30(19)16-8-6-15(23)7-9-16)21(32)29-18-10-14(5-4-13(18)2)20(31)27-12-22(24,25)26/h4-11H,3,12H2,1-2H3,(H,27,31)(H,29,32). The van der Waals surface area contributed by atoms with Gasteiger partial charge in [-0.25, -0.2) is 9.07 Å². The summed E-state index contributed by atoms with van der Waals surface area (Å²) in [5.74, 6) is -1.80. The van der Waals surface area contributed by atoms with Gasteiger partial charge in [0.15, 0.2) is 0 Å². The number of hydrogen-bond donors (Lipinski definition) is 2. The summed E-state index contributed by atoms with van der Waals surface area (Å²) >= 11 is 0. The second-order valence-corrected chi connectivity index (χ2v) is 7.03. The van der Waals surface area contributed by atoms with E-state index in [4.69, 9.17) is 0 Å². The summed E-state index contributed by atoms with van der Waals surface area (Å²) in [4.78, 5) is 24.9. The van der Waals surface area contributed by atoms with Gasteiger partial charge in [-0.2, -0.15) is 18.3 Å². The molecule has 3 aromatic rings. The molecule has 2 N–H and O–H groups in total. The molecule has 0 saturated heterocycles. The Kier molecular flexibility index (Phi) is 6.61. The highest BCUT2D eigenvalue weighted by atomic mass is 19.4. The molecule has 0 spiro atoms. The van der Waals surface area contributed by atoms with E-state index in [1.54, 1.807) is 12.2 Å². The van der Waals surface area contributed by atoms with Crippen molar-refractivity contribution in [1.29, 1.82) is 0 Å². The number of rotatable bonds is 6. The summed E-state index contributed by atoms with van der Waals surface area (Å²) < 4.78 is 51.8. The number of aryl methyl sites for hydroxylation is 1. The number of hydrogen-bond acceptors (Lipinski definition) is 3. The van der Waals surface area contributed by atoms with Gasteiger partial charge in [0.2, 0.25) is 0 Å². The smallest absolute Gasteiger partial charge is 0.343 e. The van der Waals surface area contributed by atoms with E-state index in [1.807, 2.05) is 6.92 Å². The van der Waals surface area contributed by atoms with E-state index in [0.717, 1.165) is 0 Å². The Hall–Kier alpha value is -3.69. The molecular formula is C22H20F4N4O2. The zero-order valence-electron chi connectivity index (χ0n) is 17.3. The van der Waals surface area contributed by atoms with E-state index in [-0.39, 0.29) is 16.8 Å². The summed E-state index contributed by atoms with van der Waals surface area (Å²) in [6, 6.07) is 9.87. The third-order valence-corrected chi connectivity index (χ3v) is 4.72. The fraction of sp³-hybridized carbons (Fsp3) is 0.227. The topological polar surface area (TPSA) is 76.0 Å². The Bertz CT molecular complexity index is 1140. The van der Waals surface area contributed by atoms with Crippen molar-refractivity contribution in [2.45, 2.75) is 26.4 Å². The maximum absolute atomic E-state index is 13.2. The average Bonchev–Trinajstić information content (AvgIpc) is 3.17. The Balaban J connectivity index is 1.83. The van der Waals surface area contributed by atoms with Gasteiger partial charge in [-0.3, -0.25) is 9.59 Å². The number of alkyl halides is 3. The van der Waals surface area contributed by atoms with Gasteiger partial charge >= 0.3 is 6.18 Å². The molecule has 0 aliphatic heterocycles. The highest BCUT2D eigenvalue weighted by Gasteiger charge is 2.28. The summed E-state index contributed by atoms with van der Waals surface area (Å²) in [6.45, 7) is 2.07. The van der Waals surface area contributed by atoms with Crippen molar-refractivity contribution in [3.63, 3.8) is 0 Å². The molecule has 0 saturated carbocycles. The normalized spacial score (nSPS) is 11.3. The van der Waals surface area contributed by atoms with E-state index in [1.165, 1.54) is 53.3 Å². The largest absolute Gasteiger partial charge is 0.405 e. The van der Waals surface area contributed by atoms with Crippen molar-refractivity contribution in [3.8, 4) is 5.69 Å². The quantitative estimate of drug-likeness (QED) is 0.548. The van der Waals surface area contributed by atoms with E-state index in [0.29, 0.717) is 23.4 Å². The summed E-state index contributed by atoms with van der Waals surface area (Å²) in [5.41, 5.74) is 2.34. The van der Waals surface area contributed by atoms with Gasteiger partial charge in [-0.05, 0) is 55.3 Å². The number of nitrogens with one attached hydrogen (secondary N) is 2. The molecule has 32 heavy (non-hydrogen) atoms. The number of benzene rings is 2. The van der Waals surface area contributed by atoms with E-state index in [9.17, 15) is 27.2 Å². The molecule has 1 aromatic heterocycles. The van der Waals surface area contributed by atoms with Gasteiger partial charge in [0.1, 0.15) is 12.4 Å². The second kappa shape index (κ2) is 9.21. The Labute approximate surface area is 181 Å². The first-order chi connectivity index (χ1) is 15.1. The van der Waals surface area contributed by atoms with Crippen LogP contribution < -0.4 is 10.6 Å². The van der Waals surface area contributed by atoms with Gasteiger partial charge in [0.05, 0.1) is 23.1 Å². The van der Waals surface area contributed by atoms with Gasteiger partial charge in [0.25, 0.3) is 11.8 Å². The fourth-order valence-corrected chi connectivity index (χ4v) is 3.08. The first-order valence-electron chi connectivity index (χ1n) is 9.69. The Morgan fingerprint density at radius 2 is 1.75 bits per heavy atom. The first-order valence-corrected chi connectivity index (χ1v) is 9.69. The highest BCUT2D eigenvalue weighted by molar-refractivity contribution is 6.06. The SMILES string of the molecule is CCc1c(C(=O)Nc2cc(C(=O)NCC(F)(F)F)ccc2C)cnn1-c1ccc(F)cc1. The van der Waals surface area contributed by atoms with Crippen LogP contribution in [0.3, 0.4) is 0 Å². The van der Waals surface area contributed by atoms with Crippen LogP contribution in [-0.4, -0.2) is 34.3 Å². The maximum atomic E-state index is 13.2. The van der Waals surface area contributed by atoms with Crippen molar-refractivity contribution in [2.24, 2.45) is 0 Å². The molecule has 6 nitrogen and oxygen atoms in total. The van der Waals surface area contributed by atoms with E-state index < -0.39 is 30.4 Å². The molecule has 0 aliphatic carbocycles. The average molecular weight is 448 g/mol. The number of nitrogens with zero attached hydrogens (tertiary/aromatic N) is 2. The molecule has 0 atom stereocenters.